The molecular weight excluding hydrogens is 673 g/mol. The summed E-state index contributed by atoms with van der Waals surface area (Å²) in [5.74, 6) is 0.694. The monoisotopic (exact) mass is 714 g/mol. The van der Waals surface area contributed by atoms with E-state index in [1.54, 1.807) is 36.4 Å². The lowest BCUT2D eigenvalue weighted by Crippen LogP contribution is -2.30. The fourth-order valence-electron chi connectivity index (χ4n) is 6.56. The minimum atomic E-state index is -4.58. The number of aromatic nitrogens is 3. The minimum absolute atomic E-state index is 0.0666. The predicted molar refractivity (Wildman–Crippen MR) is 178 cm³/mol. The Kier molecular flexibility index (Phi) is 9.50. The van der Waals surface area contributed by atoms with Crippen LogP contribution in [0.2, 0.25) is 0 Å². The van der Waals surface area contributed by atoms with Crippen LogP contribution < -0.4 is 19.8 Å². The number of hydrogen-bond donors (Lipinski definition) is 2. The number of sulfonamides is 1. The molecule has 4 aliphatic rings. The van der Waals surface area contributed by atoms with Crippen LogP contribution in [0.4, 0.5) is 19.1 Å². The van der Waals surface area contributed by atoms with Crippen molar-refractivity contribution in [3.8, 4) is 11.8 Å². The van der Waals surface area contributed by atoms with E-state index in [1.807, 2.05) is 12.1 Å². The number of nitrogens with zero attached hydrogens (tertiary/aromatic N) is 4. The zero-order valence-electron chi connectivity index (χ0n) is 27.7. The van der Waals surface area contributed by atoms with Gasteiger partial charge in [-0.1, -0.05) is 36.4 Å². The van der Waals surface area contributed by atoms with Gasteiger partial charge < -0.3 is 19.8 Å². The van der Waals surface area contributed by atoms with Crippen LogP contribution in [0.1, 0.15) is 91.5 Å². The Labute approximate surface area is 289 Å². The van der Waals surface area contributed by atoms with Crippen molar-refractivity contribution >= 4 is 21.8 Å². The summed E-state index contributed by atoms with van der Waals surface area (Å²) in [6.07, 6.45) is 4.52. The van der Waals surface area contributed by atoms with Crippen LogP contribution in [0, 0.1) is 5.41 Å². The summed E-state index contributed by atoms with van der Waals surface area (Å²) in [5, 5.41) is 2.84. The van der Waals surface area contributed by atoms with E-state index in [1.165, 1.54) is 25.7 Å². The molecule has 0 amide bonds. The third kappa shape index (κ3) is 8.90. The predicted octanol–water partition coefficient (Wildman–Crippen LogP) is 5.72. The van der Waals surface area contributed by atoms with Crippen molar-refractivity contribution in [2.45, 2.75) is 87.6 Å². The Bertz CT molecular complexity index is 1790. The molecule has 11 nitrogen and oxygen atoms in total. The van der Waals surface area contributed by atoms with Crippen molar-refractivity contribution in [1.29, 1.82) is 0 Å². The molecule has 2 aromatic carbocycles. The van der Waals surface area contributed by atoms with Gasteiger partial charge in [0.1, 0.15) is 11.6 Å². The maximum absolute atomic E-state index is 13.0. The average Bonchev–Trinajstić information content (AvgIpc) is 4.01. The van der Waals surface area contributed by atoms with Crippen LogP contribution in [-0.4, -0.2) is 71.7 Å². The highest BCUT2D eigenvalue weighted by atomic mass is 32.2. The Morgan fingerprint density at radius 1 is 0.940 bits per heavy atom. The normalized spacial score (nSPS) is 19.6. The topological polar surface area (TPSA) is 136 Å². The van der Waals surface area contributed by atoms with Crippen molar-refractivity contribution in [3.05, 3.63) is 71.0 Å². The van der Waals surface area contributed by atoms with E-state index in [9.17, 15) is 26.4 Å². The van der Waals surface area contributed by atoms with Gasteiger partial charge >= 0.3 is 12.2 Å². The highest BCUT2D eigenvalue weighted by Crippen LogP contribution is 2.51. The van der Waals surface area contributed by atoms with Gasteiger partial charge in [-0.2, -0.15) is 28.1 Å². The number of ketones is 1. The van der Waals surface area contributed by atoms with Crippen LogP contribution in [-0.2, 0) is 22.0 Å². The summed E-state index contributed by atoms with van der Waals surface area (Å²) < 4.78 is 68.1. The van der Waals surface area contributed by atoms with E-state index >= 15 is 0 Å². The molecule has 15 heteroatoms. The lowest BCUT2D eigenvalue weighted by molar-refractivity contribution is -0.154. The molecular formula is C35H41F3N6O5S. The number of carbonyl (C=O) groups is 1. The number of alkyl halides is 3. The molecule has 4 fully saturated rings. The first-order valence-corrected chi connectivity index (χ1v) is 18.8. The Balaban J connectivity index is 0.999. The summed E-state index contributed by atoms with van der Waals surface area (Å²) in [6.45, 7) is 1.85. The summed E-state index contributed by atoms with van der Waals surface area (Å²) >= 11 is 0. The van der Waals surface area contributed by atoms with Crippen molar-refractivity contribution in [2.75, 3.05) is 31.6 Å². The average molecular weight is 715 g/mol. The molecule has 268 valence electrons. The Morgan fingerprint density at radius 3 is 2.26 bits per heavy atom. The van der Waals surface area contributed by atoms with Crippen molar-refractivity contribution in [2.24, 2.45) is 5.41 Å². The van der Waals surface area contributed by atoms with Crippen molar-refractivity contribution in [3.63, 3.8) is 0 Å². The number of Topliss-reactive ketones (excluding diaryl/α,β-unsaturated/α-hetero) is 1. The Morgan fingerprint density at radius 2 is 1.64 bits per heavy atom. The van der Waals surface area contributed by atoms with E-state index in [4.69, 9.17) is 9.57 Å². The van der Waals surface area contributed by atoms with Crippen molar-refractivity contribution < 1.29 is 36.0 Å². The molecule has 0 unspecified atom stereocenters. The number of ether oxygens (including phenoxy) is 1. The number of likely N-dealkylation sites (tertiary alicyclic amines) is 1. The van der Waals surface area contributed by atoms with Gasteiger partial charge in [0, 0.05) is 24.9 Å². The van der Waals surface area contributed by atoms with Crippen LogP contribution >= 0.6 is 0 Å². The maximum atomic E-state index is 13.0. The number of benzene rings is 2. The SMILES string of the molecule is O=C(CCC1(CN2CCCC2)CC1)c1ccc(Cc2nc(NC3(c4ccc(ONS(=O)(=O)C5CC5)cc4)CC3)nc(OCC(F)(F)F)n2)cc1. The first kappa shape index (κ1) is 34.6. The molecule has 1 aromatic heterocycles. The molecule has 7 rings (SSSR count). The van der Waals surface area contributed by atoms with Gasteiger partial charge in [-0.25, -0.2) is 8.42 Å². The van der Waals surface area contributed by atoms with Gasteiger partial charge in [0.25, 0.3) is 0 Å². The van der Waals surface area contributed by atoms with Gasteiger partial charge in [-0.3, -0.25) is 4.79 Å². The second kappa shape index (κ2) is 13.7. The molecule has 3 saturated carbocycles. The minimum Gasteiger partial charge on any atom is -0.454 e. The lowest BCUT2D eigenvalue weighted by Gasteiger charge is -2.22. The quantitative estimate of drug-likeness (QED) is 0.132. The molecule has 0 spiro atoms. The second-order valence-electron chi connectivity index (χ2n) is 14.2. The highest BCUT2D eigenvalue weighted by Gasteiger charge is 2.46. The number of halogens is 3. The molecule has 50 heavy (non-hydrogen) atoms. The smallest absolute Gasteiger partial charge is 0.422 e. The summed E-state index contributed by atoms with van der Waals surface area (Å²) in [6, 6.07) is 13.6. The van der Waals surface area contributed by atoms with Crippen LogP contribution in [0.15, 0.2) is 48.5 Å². The molecule has 2 N–H and O–H groups in total. The molecule has 0 bridgehead atoms. The first-order valence-electron chi connectivity index (χ1n) is 17.2. The third-order valence-electron chi connectivity index (χ3n) is 10.0. The number of anilines is 1. The second-order valence-corrected chi connectivity index (χ2v) is 16.1. The van der Waals surface area contributed by atoms with Gasteiger partial charge in [-0.15, -0.1) is 0 Å². The number of hydrogen-bond acceptors (Lipinski definition) is 10. The van der Waals surface area contributed by atoms with E-state index in [2.05, 4.69) is 30.1 Å². The maximum Gasteiger partial charge on any atom is 0.422 e. The zero-order valence-corrected chi connectivity index (χ0v) is 28.5. The molecule has 2 heterocycles. The standard InChI is InChI=1S/C35H41F3N6O5S/c36-35(37,38)23-48-32-40-30(21-24-3-5-25(6-4-24)29(45)13-14-33(15-16-33)22-44-19-1-2-20-44)39-31(41-32)42-34(17-18-34)26-7-9-27(10-8-26)49-43-50(46,47)28-11-12-28/h3-10,28,43H,1-2,11-23H2,(H,39,40,41,42). The van der Waals surface area contributed by atoms with Crippen LogP contribution in [0.3, 0.4) is 0 Å². The lowest BCUT2D eigenvalue weighted by atomic mass is 9.95. The van der Waals surface area contributed by atoms with Crippen LogP contribution in [0.5, 0.6) is 11.8 Å². The number of nitrogens with one attached hydrogen (secondary N) is 2. The largest absolute Gasteiger partial charge is 0.454 e. The molecule has 3 aromatic rings. The number of carbonyl (C=O) groups excluding carboxylic acids is 1. The van der Waals surface area contributed by atoms with E-state index in [0.717, 1.165) is 37.2 Å². The Hall–Kier alpha value is -3.82. The molecule has 3 aliphatic carbocycles. The van der Waals surface area contributed by atoms with E-state index in [-0.39, 0.29) is 29.4 Å². The van der Waals surface area contributed by atoms with Gasteiger partial charge in [0.05, 0.1) is 10.8 Å². The van der Waals surface area contributed by atoms with Gasteiger partial charge in [0.2, 0.25) is 16.0 Å². The summed E-state index contributed by atoms with van der Waals surface area (Å²) in [4.78, 5) is 35.8. The fraction of sp³-hybridized carbons (Fsp3) is 0.543. The zero-order chi connectivity index (χ0) is 35.0. The summed E-state index contributed by atoms with van der Waals surface area (Å²) in [7, 11) is -3.52. The molecule has 0 atom stereocenters. The molecule has 1 aliphatic heterocycles. The fourth-order valence-corrected chi connectivity index (χ4v) is 7.66. The van der Waals surface area contributed by atoms with Gasteiger partial charge in [0.15, 0.2) is 12.4 Å². The third-order valence-corrected chi connectivity index (χ3v) is 11.7. The molecule has 0 radical (unpaired) electrons. The first-order chi connectivity index (χ1) is 23.9. The van der Waals surface area contributed by atoms with Gasteiger partial charge in [-0.05, 0) is 104 Å². The highest BCUT2D eigenvalue weighted by molar-refractivity contribution is 7.90. The van der Waals surface area contributed by atoms with Crippen LogP contribution in [0.25, 0.3) is 0 Å². The summed E-state index contributed by atoms with van der Waals surface area (Å²) in [5.41, 5.74) is 1.96. The molecule has 1 saturated heterocycles. The van der Waals surface area contributed by atoms with Crippen molar-refractivity contribution in [1.82, 2.24) is 24.7 Å². The number of rotatable bonds is 17. The van der Waals surface area contributed by atoms with E-state index < -0.39 is 39.6 Å². The van der Waals surface area contributed by atoms with E-state index in [0.29, 0.717) is 43.4 Å².